The van der Waals surface area contributed by atoms with Gasteiger partial charge in [0.1, 0.15) is 0 Å². The normalized spacial score (nSPS) is 35.2. The molecule has 0 aromatic heterocycles. The molecule has 11 heavy (non-hydrogen) atoms. The Balaban J connectivity index is 2.03. The molecule has 0 radical (unpaired) electrons. The van der Waals surface area contributed by atoms with Crippen molar-refractivity contribution in [2.24, 2.45) is 11.8 Å². The van der Waals surface area contributed by atoms with E-state index in [-0.39, 0.29) is 0 Å². The van der Waals surface area contributed by atoms with E-state index in [1.165, 1.54) is 25.7 Å². The first kappa shape index (κ1) is 7.15. The molecule has 0 saturated heterocycles. The van der Waals surface area contributed by atoms with Gasteiger partial charge >= 0.3 is 0 Å². The van der Waals surface area contributed by atoms with Crippen LogP contribution >= 0.6 is 0 Å². The zero-order chi connectivity index (χ0) is 7.68. The molecule has 2 unspecified atom stereocenters. The van der Waals surface area contributed by atoms with Gasteiger partial charge in [0.2, 0.25) is 0 Å². The molecule has 0 heterocycles. The van der Waals surface area contributed by atoms with Gasteiger partial charge in [-0.3, -0.25) is 0 Å². The van der Waals surface area contributed by atoms with Gasteiger partial charge in [0.05, 0.1) is 0 Å². The molecule has 2 aliphatic rings. The summed E-state index contributed by atoms with van der Waals surface area (Å²) in [5.41, 5.74) is 1.70. The van der Waals surface area contributed by atoms with Crippen molar-refractivity contribution in [3.05, 3.63) is 23.8 Å². The van der Waals surface area contributed by atoms with E-state index in [1.54, 1.807) is 5.57 Å². The first-order valence-corrected chi connectivity index (χ1v) is 4.77. The fourth-order valence-electron chi connectivity index (χ4n) is 2.26. The topological polar surface area (TPSA) is 0 Å². The molecule has 2 aliphatic carbocycles. The summed E-state index contributed by atoms with van der Waals surface area (Å²) in [6.45, 7) is 2.31. The highest BCUT2D eigenvalue weighted by molar-refractivity contribution is 5.28. The lowest BCUT2D eigenvalue weighted by molar-refractivity contribution is 0.374. The summed E-state index contributed by atoms with van der Waals surface area (Å²) in [5.74, 6) is 1.81. The van der Waals surface area contributed by atoms with E-state index in [0.717, 1.165) is 11.8 Å². The van der Waals surface area contributed by atoms with Crippen molar-refractivity contribution in [1.29, 1.82) is 0 Å². The van der Waals surface area contributed by atoms with Crippen LogP contribution in [0.2, 0.25) is 0 Å². The summed E-state index contributed by atoms with van der Waals surface area (Å²) in [5, 5.41) is 0. The zero-order valence-electron chi connectivity index (χ0n) is 7.22. The summed E-state index contributed by atoms with van der Waals surface area (Å²) in [6, 6.07) is 0. The van der Waals surface area contributed by atoms with E-state index in [2.05, 4.69) is 25.2 Å². The van der Waals surface area contributed by atoms with Crippen molar-refractivity contribution in [3.63, 3.8) is 0 Å². The van der Waals surface area contributed by atoms with Crippen molar-refractivity contribution in [2.75, 3.05) is 0 Å². The fourth-order valence-corrected chi connectivity index (χ4v) is 2.26. The van der Waals surface area contributed by atoms with Crippen LogP contribution in [0.1, 0.15) is 32.6 Å². The highest BCUT2D eigenvalue weighted by Crippen LogP contribution is 2.37. The lowest BCUT2D eigenvalue weighted by atomic mass is 9.79. The third-order valence-corrected chi connectivity index (χ3v) is 3.12. The zero-order valence-corrected chi connectivity index (χ0v) is 7.22. The summed E-state index contributed by atoms with van der Waals surface area (Å²) >= 11 is 0. The predicted octanol–water partition coefficient (Wildman–Crippen LogP) is 3.31. The third-order valence-electron chi connectivity index (χ3n) is 3.12. The number of rotatable bonds is 1. The predicted molar refractivity (Wildman–Crippen MR) is 48.3 cm³/mol. The largest absolute Gasteiger partial charge is 0.0773 e. The monoisotopic (exact) mass is 148 g/mol. The Morgan fingerprint density at radius 3 is 3.18 bits per heavy atom. The van der Waals surface area contributed by atoms with Crippen LogP contribution in [-0.2, 0) is 0 Å². The minimum Gasteiger partial charge on any atom is -0.0773 e. The molecular weight excluding hydrogens is 132 g/mol. The maximum absolute atomic E-state index is 2.36. The standard InChI is InChI=1S/C11H16/c1-2-9-6-7-10-4-3-5-11(10)8-9/h3-5,9-10H,2,6-8H2,1H3. The molecule has 2 rings (SSSR count). The molecule has 0 nitrogen and oxygen atoms in total. The second-order valence-electron chi connectivity index (χ2n) is 3.79. The van der Waals surface area contributed by atoms with Crippen molar-refractivity contribution >= 4 is 0 Å². The van der Waals surface area contributed by atoms with E-state index in [4.69, 9.17) is 0 Å². The molecule has 0 bridgehead atoms. The number of hydrogen-bond acceptors (Lipinski definition) is 0. The van der Waals surface area contributed by atoms with Crippen molar-refractivity contribution in [1.82, 2.24) is 0 Å². The van der Waals surface area contributed by atoms with Gasteiger partial charge in [0, 0.05) is 0 Å². The summed E-state index contributed by atoms with van der Waals surface area (Å²) in [6.07, 6.45) is 12.5. The molecule has 0 aliphatic heterocycles. The Morgan fingerprint density at radius 2 is 2.36 bits per heavy atom. The second-order valence-corrected chi connectivity index (χ2v) is 3.79. The smallest absolute Gasteiger partial charge is 0.00168 e. The highest BCUT2D eigenvalue weighted by atomic mass is 14.3. The van der Waals surface area contributed by atoms with Crippen LogP contribution in [0, 0.1) is 11.8 Å². The van der Waals surface area contributed by atoms with Crippen LogP contribution in [0.4, 0.5) is 0 Å². The van der Waals surface area contributed by atoms with Crippen molar-refractivity contribution in [2.45, 2.75) is 32.6 Å². The van der Waals surface area contributed by atoms with Crippen LogP contribution in [-0.4, -0.2) is 0 Å². The maximum atomic E-state index is 2.36. The minimum atomic E-state index is 0.831. The van der Waals surface area contributed by atoms with Gasteiger partial charge in [-0.25, -0.2) is 0 Å². The van der Waals surface area contributed by atoms with Crippen molar-refractivity contribution < 1.29 is 0 Å². The molecule has 0 heteroatoms. The molecule has 60 valence electrons. The van der Waals surface area contributed by atoms with Gasteiger partial charge in [0.15, 0.2) is 0 Å². The summed E-state index contributed by atoms with van der Waals surface area (Å²) < 4.78 is 0. The van der Waals surface area contributed by atoms with Gasteiger partial charge in [-0.2, -0.15) is 0 Å². The molecule has 2 atom stereocenters. The quantitative estimate of drug-likeness (QED) is 0.535. The molecule has 0 amide bonds. The molecular formula is C11H16. The fraction of sp³-hybridized carbons (Fsp3) is 0.636. The average Bonchev–Trinajstić information content (AvgIpc) is 2.50. The number of hydrogen-bond donors (Lipinski definition) is 0. The average molecular weight is 148 g/mol. The number of fused-ring (bicyclic) bond motifs is 1. The summed E-state index contributed by atoms with van der Waals surface area (Å²) in [4.78, 5) is 0. The van der Waals surface area contributed by atoms with E-state index < -0.39 is 0 Å². The molecule has 1 saturated carbocycles. The SMILES string of the molecule is CCC1CCC2C=CC=C2C1. The Hall–Kier alpha value is -0.520. The molecule has 0 aromatic rings. The van der Waals surface area contributed by atoms with Crippen LogP contribution in [0.15, 0.2) is 23.8 Å². The van der Waals surface area contributed by atoms with Gasteiger partial charge in [-0.1, -0.05) is 37.1 Å². The minimum absolute atomic E-state index is 0.831. The van der Waals surface area contributed by atoms with Gasteiger partial charge in [-0.05, 0) is 31.1 Å². The van der Waals surface area contributed by atoms with Gasteiger partial charge < -0.3 is 0 Å². The summed E-state index contributed by atoms with van der Waals surface area (Å²) in [7, 11) is 0. The highest BCUT2D eigenvalue weighted by Gasteiger charge is 2.23. The lowest BCUT2D eigenvalue weighted by Crippen LogP contribution is -2.13. The van der Waals surface area contributed by atoms with E-state index in [1.807, 2.05) is 0 Å². The molecule has 0 N–H and O–H groups in total. The first-order valence-electron chi connectivity index (χ1n) is 4.77. The van der Waals surface area contributed by atoms with E-state index >= 15 is 0 Å². The molecule has 1 fully saturated rings. The Morgan fingerprint density at radius 1 is 1.45 bits per heavy atom. The Labute approximate surface area is 69.0 Å². The molecule has 0 spiro atoms. The van der Waals surface area contributed by atoms with Gasteiger partial charge in [0.25, 0.3) is 0 Å². The van der Waals surface area contributed by atoms with E-state index in [0.29, 0.717) is 0 Å². The van der Waals surface area contributed by atoms with Crippen LogP contribution < -0.4 is 0 Å². The van der Waals surface area contributed by atoms with Gasteiger partial charge in [-0.15, -0.1) is 0 Å². The Kier molecular flexibility index (Phi) is 1.85. The van der Waals surface area contributed by atoms with Crippen LogP contribution in [0.5, 0.6) is 0 Å². The molecule has 0 aromatic carbocycles. The lowest BCUT2D eigenvalue weighted by Gasteiger charge is -2.26. The Bertz CT molecular complexity index is 198. The van der Waals surface area contributed by atoms with Crippen molar-refractivity contribution in [3.8, 4) is 0 Å². The van der Waals surface area contributed by atoms with E-state index in [9.17, 15) is 0 Å². The first-order chi connectivity index (χ1) is 5.40. The second kappa shape index (κ2) is 2.84. The number of allylic oxidation sites excluding steroid dienone is 4. The third kappa shape index (κ3) is 1.26. The van der Waals surface area contributed by atoms with Crippen LogP contribution in [0.3, 0.4) is 0 Å². The maximum Gasteiger partial charge on any atom is -0.00168 e. The van der Waals surface area contributed by atoms with Crippen LogP contribution in [0.25, 0.3) is 0 Å².